The van der Waals surface area contributed by atoms with Crippen molar-refractivity contribution in [2.75, 3.05) is 40.0 Å². The van der Waals surface area contributed by atoms with Gasteiger partial charge in [0.2, 0.25) is 0 Å². The largest absolute Gasteiger partial charge is 0.493 e. The van der Waals surface area contributed by atoms with Gasteiger partial charge in [0, 0.05) is 18.5 Å². The molecule has 0 aliphatic carbocycles. The zero-order chi connectivity index (χ0) is 22.1. The SMILES string of the molecule is CCN(CC)CCOc1ccc(CN=C(N)NC2CCOc3ccccc32)cc1OC.I. The van der Waals surface area contributed by atoms with Gasteiger partial charge in [-0.25, -0.2) is 4.99 Å². The van der Waals surface area contributed by atoms with Crippen molar-refractivity contribution >= 4 is 29.9 Å². The van der Waals surface area contributed by atoms with Crippen LogP contribution in [0.25, 0.3) is 0 Å². The standard InChI is InChI=1S/C24H34N4O3.HI/c1-4-28(5-2)13-15-31-22-11-10-18(16-23(22)29-3)17-26-24(25)27-20-12-14-30-21-9-7-6-8-19(20)21;/h6-11,16,20H,4-5,12-15,17H2,1-3H3,(H3,25,26,27);1H. The second kappa shape index (κ2) is 13.4. The number of nitrogens with zero attached hydrogens (tertiary/aromatic N) is 2. The van der Waals surface area contributed by atoms with E-state index in [1.165, 1.54) is 0 Å². The third kappa shape index (κ3) is 7.16. The molecule has 32 heavy (non-hydrogen) atoms. The molecule has 176 valence electrons. The minimum atomic E-state index is 0. The summed E-state index contributed by atoms with van der Waals surface area (Å²) >= 11 is 0. The van der Waals surface area contributed by atoms with E-state index >= 15 is 0 Å². The Morgan fingerprint density at radius 2 is 1.97 bits per heavy atom. The van der Waals surface area contributed by atoms with E-state index in [0.29, 0.717) is 31.5 Å². The summed E-state index contributed by atoms with van der Waals surface area (Å²) in [4.78, 5) is 6.84. The first-order valence-electron chi connectivity index (χ1n) is 10.9. The summed E-state index contributed by atoms with van der Waals surface area (Å²) in [6.45, 7) is 8.97. The van der Waals surface area contributed by atoms with Gasteiger partial charge in [0.1, 0.15) is 12.4 Å². The topological polar surface area (TPSA) is 81.3 Å². The Morgan fingerprint density at radius 1 is 1.19 bits per heavy atom. The van der Waals surface area contributed by atoms with Crippen LogP contribution in [-0.4, -0.2) is 50.8 Å². The summed E-state index contributed by atoms with van der Waals surface area (Å²) in [6.07, 6.45) is 0.848. The van der Waals surface area contributed by atoms with E-state index in [9.17, 15) is 0 Å². The molecule has 2 aromatic rings. The predicted molar refractivity (Wildman–Crippen MR) is 139 cm³/mol. The third-order valence-corrected chi connectivity index (χ3v) is 5.50. The summed E-state index contributed by atoms with van der Waals surface area (Å²) in [5.41, 5.74) is 8.28. The average Bonchev–Trinajstić information content (AvgIpc) is 2.81. The minimum Gasteiger partial charge on any atom is -0.493 e. The van der Waals surface area contributed by atoms with E-state index in [1.54, 1.807) is 7.11 Å². The molecule has 3 N–H and O–H groups in total. The van der Waals surface area contributed by atoms with Crippen molar-refractivity contribution in [3.8, 4) is 17.2 Å². The van der Waals surface area contributed by atoms with Crippen molar-refractivity contribution in [1.82, 2.24) is 10.2 Å². The van der Waals surface area contributed by atoms with Crippen LogP contribution in [0.5, 0.6) is 17.2 Å². The number of guanidine groups is 1. The number of likely N-dealkylation sites (N-methyl/N-ethyl adjacent to an activating group) is 1. The molecule has 2 aromatic carbocycles. The van der Waals surface area contributed by atoms with Crippen molar-refractivity contribution in [3.63, 3.8) is 0 Å². The molecule has 7 nitrogen and oxygen atoms in total. The van der Waals surface area contributed by atoms with Gasteiger partial charge in [-0.15, -0.1) is 24.0 Å². The van der Waals surface area contributed by atoms with Gasteiger partial charge in [-0.05, 0) is 36.9 Å². The van der Waals surface area contributed by atoms with Gasteiger partial charge in [-0.1, -0.05) is 38.1 Å². The van der Waals surface area contributed by atoms with Crippen LogP contribution in [0, 0.1) is 0 Å². The summed E-state index contributed by atoms with van der Waals surface area (Å²) in [6, 6.07) is 14.0. The van der Waals surface area contributed by atoms with Crippen LogP contribution >= 0.6 is 24.0 Å². The molecule has 1 aliphatic rings. The second-order valence-electron chi connectivity index (χ2n) is 7.43. The lowest BCUT2D eigenvalue weighted by Crippen LogP contribution is -2.37. The molecule has 1 heterocycles. The molecular weight excluding hydrogens is 519 g/mol. The number of methoxy groups -OCH3 is 1. The van der Waals surface area contributed by atoms with Crippen LogP contribution in [-0.2, 0) is 6.54 Å². The summed E-state index contributed by atoms with van der Waals surface area (Å²) < 4.78 is 17.1. The number of nitrogens with one attached hydrogen (secondary N) is 1. The Labute approximate surface area is 208 Å². The van der Waals surface area contributed by atoms with Gasteiger partial charge < -0.3 is 30.2 Å². The lowest BCUT2D eigenvalue weighted by molar-refractivity contribution is 0.217. The minimum absolute atomic E-state index is 0. The quantitative estimate of drug-likeness (QED) is 0.263. The van der Waals surface area contributed by atoms with Crippen LogP contribution < -0.4 is 25.3 Å². The number of hydrogen-bond donors (Lipinski definition) is 2. The Hall–Kier alpha value is -2.20. The second-order valence-corrected chi connectivity index (χ2v) is 7.43. The first-order chi connectivity index (χ1) is 15.1. The molecule has 0 saturated carbocycles. The van der Waals surface area contributed by atoms with E-state index in [-0.39, 0.29) is 30.0 Å². The van der Waals surface area contributed by atoms with Crippen LogP contribution in [0.1, 0.15) is 37.4 Å². The van der Waals surface area contributed by atoms with Crippen LogP contribution in [0.2, 0.25) is 0 Å². The zero-order valence-electron chi connectivity index (χ0n) is 19.2. The molecular formula is C24H35IN4O3. The zero-order valence-corrected chi connectivity index (χ0v) is 21.5. The third-order valence-electron chi connectivity index (χ3n) is 5.50. The van der Waals surface area contributed by atoms with Crippen molar-refractivity contribution in [2.45, 2.75) is 32.9 Å². The van der Waals surface area contributed by atoms with Crippen LogP contribution in [0.3, 0.4) is 0 Å². The molecule has 0 amide bonds. The Balaban J connectivity index is 0.00000363. The maximum absolute atomic E-state index is 6.17. The number of para-hydroxylation sites is 1. The number of benzene rings is 2. The number of rotatable bonds is 10. The molecule has 8 heteroatoms. The van der Waals surface area contributed by atoms with Crippen molar-refractivity contribution in [3.05, 3.63) is 53.6 Å². The van der Waals surface area contributed by atoms with Crippen LogP contribution in [0.4, 0.5) is 0 Å². The molecule has 0 spiro atoms. The molecule has 1 unspecified atom stereocenters. The molecule has 3 rings (SSSR count). The van der Waals surface area contributed by atoms with Crippen molar-refractivity contribution in [2.24, 2.45) is 10.7 Å². The first-order valence-corrected chi connectivity index (χ1v) is 10.9. The number of hydrogen-bond acceptors (Lipinski definition) is 5. The fourth-order valence-electron chi connectivity index (χ4n) is 3.65. The van der Waals surface area contributed by atoms with Gasteiger partial charge in [-0.3, -0.25) is 0 Å². The highest BCUT2D eigenvalue weighted by Gasteiger charge is 2.21. The van der Waals surface area contributed by atoms with Crippen molar-refractivity contribution < 1.29 is 14.2 Å². The Bertz CT molecular complexity index is 874. The number of ether oxygens (including phenoxy) is 3. The monoisotopic (exact) mass is 554 g/mol. The first kappa shape index (κ1) is 26.1. The van der Waals surface area contributed by atoms with Gasteiger partial charge >= 0.3 is 0 Å². The fourth-order valence-corrected chi connectivity index (χ4v) is 3.65. The lowest BCUT2D eigenvalue weighted by Gasteiger charge is -2.26. The molecule has 0 bridgehead atoms. The van der Waals surface area contributed by atoms with Gasteiger partial charge in [-0.2, -0.15) is 0 Å². The molecule has 1 aliphatic heterocycles. The molecule has 0 saturated heterocycles. The number of nitrogens with two attached hydrogens (primary N) is 1. The highest BCUT2D eigenvalue weighted by Crippen LogP contribution is 2.31. The molecule has 0 fully saturated rings. The highest BCUT2D eigenvalue weighted by atomic mass is 127. The smallest absolute Gasteiger partial charge is 0.189 e. The van der Waals surface area contributed by atoms with E-state index in [2.05, 4.69) is 35.1 Å². The van der Waals surface area contributed by atoms with E-state index in [4.69, 9.17) is 19.9 Å². The van der Waals surface area contributed by atoms with Gasteiger partial charge in [0.25, 0.3) is 0 Å². The predicted octanol–water partition coefficient (Wildman–Crippen LogP) is 3.96. The van der Waals surface area contributed by atoms with Gasteiger partial charge in [0.15, 0.2) is 17.5 Å². The lowest BCUT2D eigenvalue weighted by atomic mass is 10.0. The van der Waals surface area contributed by atoms with Crippen LogP contribution in [0.15, 0.2) is 47.5 Å². The maximum atomic E-state index is 6.17. The van der Waals surface area contributed by atoms with Crippen molar-refractivity contribution in [1.29, 1.82) is 0 Å². The number of fused-ring (bicyclic) bond motifs is 1. The Morgan fingerprint density at radius 3 is 2.72 bits per heavy atom. The number of aliphatic imine (C=N–C) groups is 1. The normalized spacial score (nSPS) is 15.4. The molecule has 1 atom stereocenters. The number of halogens is 1. The average molecular weight is 554 g/mol. The summed E-state index contributed by atoms with van der Waals surface area (Å²) in [7, 11) is 1.65. The summed E-state index contributed by atoms with van der Waals surface area (Å²) in [5, 5.41) is 3.32. The highest BCUT2D eigenvalue weighted by molar-refractivity contribution is 14.0. The molecule has 0 radical (unpaired) electrons. The Kier molecular flexibility index (Phi) is 10.9. The maximum Gasteiger partial charge on any atom is 0.189 e. The molecule has 0 aromatic heterocycles. The fraction of sp³-hybridized carbons (Fsp3) is 0.458. The van der Waals surface area contributed by atoms with E-state index < -0.39 is 0 Å². The van der Waals surface area contributed by atoms with E-state index in [0.717, 1.165) is 48.7 Å². The van der Waals surface area contributed by atoms with Gasteiger partial charge in [0.05, 0.1) is 26.3 Å². The summed E-state index contributed by atoms with van der Waals surface area (Å²) in [5.74, 6) is 2.77. The van der Waals surface area contributed by atoms with E-state index in [1.807, 2.05) is 36.4 Å².